The largest absolute Gasteiger partial charge is 0.494 e. The van der Waals surface area contributed by atoms with Gasteiger partial charge in [-0.25, -0.2) is 4.79 Å². The topological polar surface area (TPSA) is 35.5 Å². The quantitative estimate of drug-likeness (QED) is 0.367. The van der Waals surface area contributed by atoms with Crippen LogP contribution in [0, 0.1) is 6.92 Å². The van der Waals surface area contributed by atoms with Crippen LogP contribution < -0.4 is 4.74 Å². The van der Waals surface area contributed by atoms with Gasteiger partial charge in [0.05, 0.1) is 13.2 Å². The molecule has 0 fully saturated rings. The molecule has 0 bridgehead atoms. The molecule has 0 atom stereocenters. The molecule has 0 spiro atoms. The summed E-state index contributed by atoms with van der Waals surface area (Å²) in [5.74, 6) is 0.600. The van der Waals surface area contributed by atoms with Crippen LogP contribution in [0.2, 0.25) is 0 Å². The highest BCUT2D eigenvalue weighted by molar-refractivity contribution is 5.81. The van der Waals surface area contributed by atoms with Crippen molar-refractivity contribution in [1.82, 2.24) is 0 Å². The van der Waals surface area contributed by atoms with Gasteiger partial charge in [-0.05, 0) is 31.9 Å². The van der Waals surface area contributed by atoms with Crippen molar-refractivity contribution in [3.63, 3.8) is 0 Å². The van der Waals surface area contributed by atoms with E-state index in [9.17, 15) is 4.79 Å². The average Bonchev–Trinajstić information content (AvgIpc) is 2.47. The Morgan fingerprint density at radius 3 is 2.30 bits per heavy atom. The van der Waals surface area contributed by atoms with Crippen LogP contribution in [0.4, 0.5) is 0 Å². The van der Waals surface area contributed by atoms with Crippen LogP contribution in [0.1, 0.15) is 37.7 Å². The van der Waals surface area contributed by atoms with Crippen molar-refractivity contribution in [2.24, 2.45) is 0 Å². The number of hydrogen-bond donors (Lipinski definition) is 0. The van der Waals surface area contributed by atoms with Gasteiger partial charge in [0.2, 0.25) is 0 Å². The van der Waals surface area contributed by atoms with E-state index < -0.39 is 0 Å². The molecule has 1 aromatic carbocycles. The normalized spacial score (nSPS) is 10.1. The molecule has 0 saturated heterocycles. The third-order valence-corrected chi connectivity index (χ3v) is 2.99. The Morgan fingerprint density at radius 1 is 1.05 bits per heavy atom. The first-order valence-corrected chi connectivity index (χ1v) is 7.21. The lowest BCUT2D eigenvalue weighted by molar-refractivity contribution is -0.137. The average molecular weight is 276 g/mol. The molecule has 0 aromatic heterocycles. The minimum Gasteiger partial charge on any atom is -0.494 e. The molecule has 110 valence electrons. The van der Waals surface area contributed by atoms with E-state index in [-0.39, 0.29) is 5.97 Å². The number of ether oxygens (including phenoxy) is 2. The summed E-state index contributed by atoms with van der Waals surface area (Å²) in [5.41, 5.74) is 1.24. The molecule has 3 heteroatoms. The SMILES string of the molecule is C=CC(=O)OCCCCCCCOc1ccc(C)cc1. The summed E-state index contributed by atoms with van der Waals surface area (Å²) in [6, 6.07) is 8.12. The molecule has 20 heavy (non-hydrogen) atoms. The number of carbonyl (C=O) groups is 1. The summed E-state index contributed by atoms with van der Waals surface area (Å²) < 4.78 is 10.6. The van der Waals surface area contributed by atoms with Crippen LogP contribution >= 0.6 is 0 Å². The van der Waals surface area contributed by atoms with Crippen molar-refractivity contribution in [3.8, 4) is 5.75 Å². The van der Waals surface area contributed by atoms with Gasteiger partial charge in [-0.15, -0.1) is 0 Å². The summed E-state index contributed by atoms with van der Waals surface area (Å²) in [4.78, 5) is 10.8. The minimum atomic E-state index is -0.337. The standard InChI is InChI=1S/C17H24O3/c1-3-17(18)20-14-8-6-4-5-7-13-19-16-11-9-15(2)10-12-16/h3,9-12H,1,4-8,13-14H2,2H3. The van der Waals surface area contributed by atoms with Crippen LogP contribution in [0.3, 0.4) is 0 Å². The van der Waals surface area contributed by atoms with E-state index in [2.05, 4.69) is 25.6 Å². The lowest BCUT2D eigenvalue weighted by Crippen LogP contribution is -2.01. The molecule has 0 radical (unpaired) electrons. The molecule has 1 rings (SSSR count). The number of hydrogen-bond acceptors (Lipinski definition) is 3. The number of benzene rings is 1. The molecule has 0 unspecified atom stereocenters. The second kappa shape index (κ2) is 10.1. The fraction of sp³-hybridized carbons (Fsp3) is 0.471. The van der Waals surface area contributed by atoms with E-state index in [4.69, 9.17) is 9.47 Å². The van der Waals surface area contributed by atoms with E-state index in [1.807, 2.05) is 12.1 Å². The van der Waals surface area contributed by atoms with Gasteiger partial charge >= 0.3 is 5.97 Å². The molecule has 0 saturated carbocycles. The van der Waals surface area contributed by atoms with Gasteiger partial charge in [0.25, 0.3) is 0 Å². The zero-order valence-corrected chi connectivity index (χ0v) is 12.3. The van der Waals surface area contributed by atoms with Crippen LogP contribution in [0.5, 0.6) is 5.75 Å². The lowest BCUT2D eigenvalue weighted by Gasteiger charge is -2.06. The van der Waals surface area contributed by atoms with E-state index >= 15 is 0 Å². The molecule has 0 aliphatic heterocycles. The van der Waals surface area contributed by atoms with Crippen molar-refractivity contribution < 1.29 is 14.3 Å². The van der Waals surface area contributed by atoms with E-state index in [0.717, 1.165) is 44.5 Å². The third kappa shape index (κ3) is 7.62. The highest BCUT2D eigenvalue weighted by atomic mass is 16.5. The van der Waals surface area contributed by atoms with E-state index in [1.165, 1.54) is 11.6 Å². The third-order valence-electron chi connectivity index (χ3n) is 2.99. The summed E-state index contributed by atoms with van der Waals surface area (Å²) in [6.45, 7) is 6.67. The predicted molar refractivity (Wildman–Crippen MR) is 80.9 cm³/mol. The minimum absolute atomic E-state index is 0.337. The van der Waals surface area contributed by atoms with Crippen molar-refractivity contribution in [1.29, 1.82) is 0 Å². The maximum atomic E-state index is 10.8. The van der Waals surface area contributed by atoms with Gasteiger partial charge in [-0.3, -0.25) is 0 Å². The number of esters is 1. The summed E-state index contributed by atoms with van der Waals surface area (Å²) >= 11 is 0. The molecular formula is C17H24O3. The molecular weight excluding hydrogens is 252 g/mol. The van der Waals surface area contributed by atoms with Crippen LogP contribution in [-0.4, -0.2) is 19.2 Å². The molecule has 0 aliphatic carbocycles. The van der Waals surface area contributed by atoms with Crippen molar-refractivity contribution >= 4 is 5.97 Å². The summed E-state index contributed by atoms with van der Waals surface area (Å²) in [5, 5.41) is 0. The van der Waals surface area contributed by atoms with E-state index in [0.29, 0.717) is 6.61 Å². The molecule has 0 N–H and O–H groups in total. The Bertz CT molecular complexity index is 395. The highest BCUT2D eigenvalue weighted by Gasteiger charge is 1.96. The van der Waals surface area contributed by atoms with Crippen LogP contribution in [0.25, 0.3) is 0 Å². The Hall–Kier alpha value is -1.77. The monoisotopic (exact) mass is 276 g/mol. The number of aryl methyl sites for hydroxylation is 1. The summed E-state index contributed by atoms with van der Waals surface area (Å²) in [7, 11) is 0. The van der Waals surface area contributed by atoms with Crippen molar-refractivity contribution in [2.75, 3.05) is 13.2 Å². The zero-order chi connectivity index (χ0) is 14.6. The Labute approximate surface area is 121 Å². The first-order valence-electron chi connectivity index (χ1n) is 7.21. The highest BCUT2D eigenvalue weighted by Crippen LogP contribution is 2.12. The zero-order valence-electron chi connectivity index (χ0n) is 12.3. The second-order valence-corrected chi connectivity index (χ2v) is 4.80. The predicted octanol–water partition coefficient (Wildman–Crippen LogP) is 4.05. The second-order valence-electron chi connectivity index (χ2n) is 4.80. The number of carbonyl (C=O) groups excluding carboxylic acids is 1. The fourth-order valence-electron chi connectivity index (χ4n) is 1.79. The Morgan fingerprint density at radius 2 is 1.65 bits per heavy atom. The van der Waals surface area contributed by atoms with Crippen LogP contribution in [0.15, 0.2) is 36.9 Å². The maximum Gasteiger partial charge on any atom is 0.330 e. The van der Waals surface area contributed by atoms with E-state index in [1.54, 1.807) is 0 Å². The number of unbranched alkanes of at least 4 members (excludes halogenated alkanes) is 4. The molecule has 0 amide bonds. The Kier molecular flexibility index (Phi) is 8.20. The van der Waals surface area contributed by atoms with Gasteiger partial charge in [0.15, 0.2) is 0 Å². The maximum absolute atomic E-state index is 10.8. The van der Waals surface area contributed by atoms with Crippen molar-refractivity contribution in [3.05, 3.63) is 42.5 Å². The molecule has 1 aromatic rings. The van der Waals surface area contributed by atoms with Crippen molar-refractivity contribution in [2.45, 2.75) is 39.0 Å². The Balaban J connectivity index is 1.91. The van der Waals surface area contributed by atoms with Gasteiger partial charge < -0.3 is 9.47 Å². The van der Waals surface area contributed by atoms with Gasteiger partial charge in [0.1, 0.15) is 5.75 Å². The van der Waals surface area contributed by atoms with Gasteiger partial charge in [-0.1, -0.05) is 43.5 Å². The lowest BCUT2D eigenvalue weighted by atomic mass is 10.1. The van der Waals surface area contributed by atoms with Crippen LogP contribution in [-0.2, 0) is 9.53 Å². The van der Waals surface area contributed by atoms with Gasteiger partial charge in [-0.2, -0.15) is 0 Å². The molecule has 0 aliphatic rings. The fourth-order valence-corrected chi connectivity index (χ4v) is 1.79. The molecule has 3 nitrogen and oxygen atoms in total. The first kappa shape index (κ1) is 16.3. The number of rotatable bonds is 10. The summed E-state index contributed by atoms with van der Waals surface area (Å²) in [6.07, 6.45) is 6.53. The van der Waals surface area contributed by atoms with Gasteiger partial charge in [0, 0.05) is 6.08 Å². The molecule has 0 heterocycles. The first-order chi connectivity index (χ1) is 9.72. The smallest absolute Gasteiger partial charge is 0.330 e.